The van der Waals surface area contributed by atoms with Crippen LogP contribution in [0.2, 0.25) is 0 Å². The van der Waals surface area contributed by atoms with Gasteiger partial charge in [0.2, 0.25) is 5.91 Å². The molecule has 2 aromatic carbocycles. The number of para-hydroxylation sites is 1. The number of amides is 1. The van der Waals surface area contributed by atoms with Gasteiger partial charge in [0.25, 0.3) is 5.56 Å². The Morgan fingerprint density at radius 2 is 1.74 bits per heavy atom. The molecule has 0 aliphatic rings. The number of carbonyl (C=O) groups excluding carboxylic acids is 1. The van der Waals surface area contributed by atoms with Crippen LogP contribution in [-0.2, 0) is 11.2 Å². The third-order valence-corrected chi connectivity index (χ3v) is 6.28. The lowest BCUT2D eigenvalue weighted by atomic mass is 10.1. The Morgan fingerprint density at radius 3 is 2.38 bits per heavy atom. The molecule has 0 bridgehead atoms. The van der Waals surface area contributed by atoms with E-state index >= 15 is 0 Å². The summed E-state index contributed by atoms with van der Waals surface area (Å²) in [5.41, 5.74) is 4.94. The minimum atomic E-state index is -0.672. The summed E-state index contributed by atoms with van der Waals surface area (Å²) in [6.07, 6.45) is 3.79. The first kappa shape index (κ1) is 23.5. The lowest BCUT2D eigenvalue weighted by Gasteiger charge is -2.21. The molecule has 0 radical (unpaired) electrons. The summed E-state index contributed by atoms with van der Waals surface area (Å²) < 4.78 is 3.37. The largest absolute Gasteiger partial charge is 0.324 e. The SMILES string of the molecule is CCCCc1ccc(NC(=O)C(CC)n2c(=O)cc(C)c3c(C)nn(-c4ccccc4)c32)cc1. The van der Waals surface area contributed by atoms with E-state index in [0.717, 1.165) is 47.3 Å². The first-order valence-corrected chi connectivity index (χ1v) is 12.0. The van der Waals surface area contributed by atoms with E-state index in [0.29, 0.717) is 12.1 Å². The smallest absolute Gasteiger partial charge is 0.253 e. The van der Waals surface area contributed by atoms with Crippen molar-refractivity contribution in [3.8, 4) is 5.69 Å². The van der Waals surface area contributed by atoms with Crippen LogP contribution in [0.4, 0.5) is 5.69 Å². The van der Waals surface area contributed by atoms with Crippen molar-refractivity contribution in [2.24, 2.45) is 0 Å². The number of hydrogen-bond donors (Lipinski definition) is 1. The van der Waals surface area contributed by atoms with E-state index in [9.17, 15) is 9.59 Å². The van der Waals surface area contributed by atoms with Crippen LogP contribution < -0.4 is 10.9 Å². The molecular weight excluding hydrogens is 424 g/mol. The zero-order valence-corrected chi connectivity index (χ0v) is 20.3. The van der Waals surface area contributed by atoms with Crippen LogP contribution in [0.1, 0.15) is 56.0 Å². The van der Waals surface area contributed by atoms with Crippen molar-refractivity contribution < 1.29 is 4.79 Å². The van der Waals surface area contributed by atoms with E-state index in [2.05, 4.69) is 24.4 Å². The van der Waals surface area contributed by atoms with E-state index in [4.69, 9.17) is 5.10 Å². The van der Waals surface area contributed by atoms with Gasteiger partial charge in [0.15, 0.2) is 0 Å². The molecule has 0 aliphatic carbocycles. The highest BCUT2D eigenvalue weighted by molar-refractivity contribution is 5.95. The number of fused-ring (bicyclic) bond motifs is 1. The van der Waals surface area contributed by atoms with Gasteiger partial charge in [-0.1, -0.05) is 50.6 Å². The molecule has 0 fully saturated rings. The van der Waals surface area contributed by atoms with Gasteiger partial charge in [-0.3, -0.25) is 14.2 Å². The molecule has 1 atom stereocenters. The fourth-order valence-corrected chi connectivity index (χ4v) is 4.53. The van der Waals surface area contributed by atoms with Crippen LogP contribution in [0.25, 0.3) is 16.7 Å². The number of aryl methyl sites for hydroxylation is 3. The Morgan fingerprint density at radius 1 is 1.03 bits per heavy atom. The van der Waals surface area contributed by atoms with E-state index in [1.54, 1.807) is 15.3 Å². The molecule has 2 heterocycles. The maximum atomic E-state index is 13.4. The van der Waals surface area contributed by atoms with E-state index < -0.39 is 6.04 Å². The van der Waals surface area contributed by atoms with Crippen LogP contribution in [-0.4, -0.2) is 20.3 Å². The van der Waals surface area contributed by atoms with Crippen LogP contribution in [0.3, 0.4) is 0 Å². The van der Waals surface area contributed by atoms with E-state index in [-0.39, 0.29) is 11.5 Å². The highest BCUT2D eigenvalue weighted by atomic mass is 16.2. The van der Waals surface area contributed by atoms with Gasteiger partial charge in [0.05, 0.1) is 11.4 Å². The molecule has 0 saturated carbocycles. The molecule has 34 heavy (non-hydrogen) atoms. The van der Waals surface area contributed by atoms with E-state index in [1.807, 2.05) is 63.2 Å². The Bertz CT molecular complexity index is 1350. The fraction of sp³-hybridized carbons (Fsp3) is 0.321. The standard InChI is InChI=1S/C28H32N4O2/c1-5-7-11-21-14-16-22(17-15-21)29-27(34)24(6-2)31-25(33)18-19(3)26-20(4)30-32(28(26)31)23-12-9-8-10-13-23/h8-10,12-18,24H,5-7,11H2,1-4H3,(H,29,34). The highest BCUT2D eigenvalue weighted by Gasteiger charge is 2.26. The first-order valence-electron chi connectivity index (χ1n) is 12.0. The highest BCUT2D eigenvalue weighted by Crippen LogP contribution is 2.27. The van der Waals surface area contributed by atoms with Crippen LogP contribution in [0, 0.1) is 13.8 Å². The fourth-order valence-electron chi connectivity index (χ4n) is 4.53. The summed E-state index contributed by atoms with van der Waals surface area (Å²) in [4.78, 5) is 26.7. The molecule has 1 amide bonds. The number of aromatic nitrogens is 3. The van der Waals surface area contributed by atoms with Crippen molar-refractivity contribution in [3.05, 3.63) is 87.8 Å². The summed E-state index contributed by atoms with van der Waals surface area (Å²) >= 11 is 0. The number of nitrogens with one attached hydrogen (secondary N) is 1. The summed E-state index contributed by atoms with van der Waals surface area (Å²) in [5, 5.41) is 8.66. The van der Waals surface area contributed by atoms with Gasteiger partial charge in [-0.25, -0.2) is 4.68 Å². The molecular formula is C28H32N4O2. The van der Waals surface area contributed by atoms with Gasteiger partial charge in [-0.2, -0.15) is 5.10 Å². The van der Waals surface area contributed by atoms with Crippen LogP contribution >= 0.6 is 0 Å². The molecule has 2 aromatic heterocycles. The normalized spacial score (nSPS) is 12.1. The first-order chi connectivity index (χ1) is 16.4. The van der Waals surface area contributed by atoms with Crippen molar-refractivity contribution in [1.29, 1.82) is 0 Å². The second-order valence-corrected chi connectivity index (χ2v) is 8.78. The third-order valence-electron chi connectivity index (χ3n) is 6.28. The molecule has 0 spiro atoms. The lowest BCUT2D eigenvalue weighted by Crippen LogP contribution is -2.34. The number of unbranched alkanes of at least 4 members (excludes halogenated alkanes) is 1. The predicted octanol–water partition coefficient (Wildman–Crippen LogP) is 5.74. The topological polar surface area (TPSA) is 68.9 Å². The summed E-state index contributed by atoms with van der Waals surface area (Å²) in [6.45, 7) is 7.95. The number of benzene rings is 2. The number of carbonyl (C=O) groups is 1. The van der Waals surface area contributed by atoms with Gasteiger partial charge in [-0.15, -0.1) is 0 Å². The molecule has 0 aliphatic heterocycles. The van der Waals surface area contributed by atoms with Gasteiger partial charge >= 0.3 is 0 Å². The van der Waals surface area contributed by atoms with Crippen molar-refractivity contribution in [3.63, 3.8) is 0 Å². The molecule has 176 valence electrons. The molecule has 6 nitrogen and oxygen atoms in total. The monoisotopic (exact) mass is 456 g/mol. The van der Waals surface area contributed by atoms with Gasteiger partial charge in [0.1, 0.15) is 11.7 Å². The Labute approximate surface area is 200 Å². The molecule has 1 N–H and O–H groups in total. The molecule has 4 rings (SSSR count). The average Bonchev–Trinajstić information content (AvgIpc) is 3.19. The van der Waals surface area contributed by atoms with Gasteiger partial charge in [0, 0.05) is 17.1 Å². The predicted molar refractivity (Wildman–Crippen MR) is 138 cm³/mol. The molecule has 1 unspecified atom stereocenters. The molecule has 4 aromatic rings. The Balaban J connectivity index is 1.76. The maximum Gasteiger partial charge on any atom is 0.253 e. The zero-order chi connectivity index (χ0) is 24.2. The Hall–Kier alpha value is -3.67. The number of pyridine rings is 1. The van der Waals surface area contributed by atoms with E-state index in [1.165, 1.54) is 5.56 Å². The lowest BCUT2D eigenvalue weighted by molar-refractivity contribution is -0.119. The quantitative estimate of drug-likeness (QED) is 0.368. The number of anilines is 1. The minimum absolute atomic E-state index is 0.209. The van der Waals surface area contributed by atoms with Crippen LogP contribution in [0.5, 0.6) is 0 Å². The zero-order valence-electron chi connectivity index (χ0n) is 20.3. The summed E-state index contributed by atoms with van der Waals surface area (Å²) in [5.74, 6) is -0.213. The Kier molecular flexibility index (Phi) is 6.96. The second-order valence-electron chi connectivity index (χ2n) is 8.78. The number of rotatable bonds is 8. The summed E-state index contributed by atoms with van der Waals surface area (Å²) in [7, 11) is 0. The molecule has 0 saturated heterocycles. The number of hydrogen-bond acceptors (Lipinski definition) is 3. The molecule has 6 heteroatoms. The number of nitrogens with zero attached hydrogens (tertiary/aromatic N) is 3. The minimum Gasteiger partial charge on any atom is -0.324 e. The van der Waals surface area contributed by atoms with Crippen molar-refractivity contribution in [1.82, 2.24) is 14.3 Å². The van der Waals surface area contributed by atoms with Crippen molar-refractivity contribution in [2.75, 3.05) is 5.32 Å². The summed E-state index contributed by atoms with van der Waals surface area (Å²) in [6, 6.07) is 18.6. The van der Waals surface area contributed by atoms with Gasteiger partial charge in [-0.05, 0) is 68.5 Å². The second kappa shape index (κ2) is 10.1. The average molecular weight is 457 g/mol. The third kappa shape index (κ3) is 4.53. The maximum absolute atomic E-state index is 13.4. The van der Waals surface area contributed by atoms with Crippen molar-refractivity contribution >= 4 is 22.6 Å². The van der Waals surface area contributed by atoms with Gasteiger partial charge < -0.3 is 5.32 Å². The van der Waals surface area contributed by atoms with Crippen molar-refractivity contribution in [2.45, 2.75) is 59.4 Å². The van der Waals surface area contributed by atoms with Crippen LogP contribution in [0.15, 0.2) is 65.5 Å².